The zero-order chi connectivity index (χ0) is 13.8. The third kappa shape index (κ3) is 3.28. The van der Waals surface area contributed by atoms with Crippen molar-refractivity contribution in [2.75, 3.05) is 0 Å². The van der Waals surface area contributed by atoms with Crippen molar-refractivity contribution in [3.63, 3.8) is 0 Å². The number of benzene rings is 2. The quantitative estimate of drug-likeness (QED) is 0.670. The average molecular weight is 256 g/mol. The number of carbonyl (C=O) groups is 1. The van der Waals surface area contributed by atoms with E-state index in [1.165, 1.54) is 18.2 Å². The summed E-state index contributed by atoms with van der Waals surface area (Å²) < 4.78 is 13.1. The molecular formula is C16H13FO2. The maximum absolute atomic E-state index is 13.1. The highest BCUT2D eigenvalue weighted by Crippen LogP contribution is 2.19. The van der Waals surface area contributed by atoms with Crippen LogP contribution in [0.3, 0.4) is 0 Å². The first kappa shape index (κ1) is 13.0. The monoisotopic (exact) mass is 256 g/mol. The molecule has 3 heteroatoms. The van der Waals surface area contributed by atoms with Crippen LogP contribution in [0.5, 0.6) is 0 Å². The van der Waals surface area contributed by atoms with Crippen LogP contribution in [-0.4, -0.2) is 11.1 Å². The average Bonchev–Trinajstić information content (AvgIpc) is 2.37. The van der Waals surface area contributed by atoms with Gasteiger partial charge >= 0.3 is 5.97 Å². The summed E-state index contributed by atoms with van der Waals surface area (Å²) in [5.41, 5.74) is 2.32. The second kappa shape index (κ2) is 5.48. The molecule has 2 aromatic carbocycles. The Morgan fingerprint density at radius 3 is 2.42 bits per heavy atom. The van der Waals surface area contributed by atoms with E-state index in [1.807, 2.05) is 19.1 Å². The molecule has 96 valence electrons. The lowest BCUT2D eigenvalue weighted by Crippen LogP contribution is -1.99. The Kier molecular flexibility index (Phi) is 3.76. The van der Waals surface area contributed by atoms with Crippen LogP contribution < -0.4 is 0 Å². The van der Waals surface area contributed by atoms with E-state index in [0.717, 1.165) is 5.56 Å². The minimum absolute atomic E-state index is 0.144. The van der Waals surface area contributed by atoms with Crippen LogP contribution in [0.25, 0.3) is 11.6 Å². The van der Waals surface area contributed by atoms with E-state index in [9.17, 15) is 14.3 Å². The second-order valence-electron chi connectivity index (χ2n) is 4.28. The van der Waals surface area contributed by atoms with Crippen molar-refractivity contribution in [2.24, 2.45) is 0 Å². The highest BCUT2D eigenvalue weighted by atomic mass is 19.1. The highest BCUT2D eigenvalue weighted by Gasteiger charge is 2.10. The number of rotatable bonds is 3. The predicted molar refractivity (Wildman–Crippen MR) is 73.1 cm³/mol. The van der Waals surface area contributed by atoms with Gasteiger partial charge in [-0.25, -0.2) is 9.18 Å². The number of carboxylic acid groups (broad SMARTS) is 1. The van der Waals surface area contributed by atoms with Gasteiger partial charge in [0.1, 0.15) is 5.82 Å². The Morgan fingerprint density at radius 1 is 1.16 bits per heavy atom. The molecule has 2 aromatic rings. The molecule has 0 aromatic heterocycles. The van der Waals surface area contributed by atoms with Crippen molar-refractivity contribution in [3.05, 3.63) is 71.0 Å². The van der Waals surface area contributed by atoms with Crippen molar-refractivity contribution in [2.45, 2.75) is 6.92 Å². The van der Waals surface area contributed by atoms with Gasteiger partial charge < -0.3 is 5.11 Å². The van der Waals surface area contributed by atoms with E-state index in [0.29, 0.717) is 11.1 Å². The van der Waals surface area contributed by atoms with Crippen LogP contribution in [0, 0.1) is 12.7 Å². The van der Waals surface area contributed by atoms with Crippen LogP contribution in [0.15, 0.2) is 48.5 Å². The number of hydrogen-bond acceptors (Lipinski definition) is 1. The van der Waals surface area contributed by atoms with Crippen LogP contribution in [0.2, 0.25) is 0 Å². The fourth-order valence-corrected chi connectivity index (χ4v) is 1.76. The molecule has 19 heavy (non-hydrogen) atoms. The molecule has 1 N–H and O–H groups in total. The minimum atomic E-state index is -1.03. The lowest BCUT2D eigenvalue weighted by Gasteiger charge is -2.04. The molecule has 0 unspecified atom stereocenters. The van der Waals surface area contributed by atoms with Gasteiger partial charge in [0.2, 0.25) is 0 Å². The zero-order valence-electron chi connectivity index (χ0n) is 10.4. The number of aliphatic carboxylic acids is 1. The molecule has 0 aliphatic carbocycles. The van der Waals surface area contributed by atoms with Crippen molar-refractivity contribution in [3.8, 4) is 0 Å². The first-order valence-corrected chi connectivity index (χ1v) is 5.84. The smallest absolute Gasteiger partial charge is 0.336 e. The lowest BCUT2D eigenvalue weighted by molar-refractivity contribution is -0.130. The zero-order valence-corrected chi connectivity index (χ0v) is 10.4. The van der Waals surface area contributed by atoms with Crippen molar-refractivity contribution >= 4 is 17.6 Å². The number of halogens is 1. The standard InChI is InChI=1S/C16H13FO2/c1-11-5-7-13(8-6-11)15(16(18)19)10-12-3-2-4-14(17)9-12/h2-10H,1H3,(H,18,19)/b15-10-. The summed E-state index contributed by atoms with van der Waals surface area (Å²) in [5.74, 6) is -1.42. The molecule has 0 spiro atoms. The molecule has 0 bridgehead atoms. The second-order valence-corrected chi connectivity index (χ2v) is 4.28. The molecule has 0 saturated heterocycles. The summed E-state index contributed by atoms with van der Waals surface area (Å²) >= 11 is 0. The SMILES string of the molecule is Cc1ccc(/C(=C/c2cccc(F)c2)C(=O)O)cc1. The molecule has 0 heterocycles. The first-order chi connectivity index (χ1) is 9.06. The van der Waals surface area contributed by atoms with Crippen LogP contribution in [0.1, 0.15) is 16.7 Å². The molecule has 0 saturated carbocycles. The maximum atomic E-state index is 13.1. The van der Waals surface area contributed by atoms with Crippen LogP contribution >= 0.6 is 0 Å². The van der Waals surface area contributed by atoms with Crippen molar-refractivity contribution in [1.29, 1.82) is 0 Å². The fraction of sp³-hybridized carbons (Fsp3) is 0.0625. The largest absolute Gasteiger partial charge is 0.478 e. The molecule has 0 fully saturated rings. The van der Waals surface area contributed by atoms with Gasteiger partial charge in [-0.15, -0.1) is 0 Å². The van der Waals surface area contributed by atoms with Gasteiger partial charge in [0.05, 0.1) is 5.57 Å². The van der Waals surface area contributed by atoms with E-state index >= 15 is 0 Å². The molecule has 0 aliphatic rings. The normalized spacial score (nSPS) is 11.4. The fourth-order valence-electron chi connectivity index (χ4n) is 1.76. The van der Waals surface area contributed by atoms with Gasteiger partial charge in [0.15, 0.2) is 0 Å². The Morgan fingerprint density at radius 2 is 1.84 bits per heavy atom. The number of aryl methyl sites for hydroxylation is 1. The summed E-state index contributed by atoms with van der Waals surface area (Å²) in [6, 6.07) is 13.0. The third-order valence-electron chi connectivity index (χ3n) is 2.75. The van der Waals surface area contributed by atoms with Gasteiger partial charge in [0.25, 0.3) is 0 Å². The molecule has 2 rings (SSSR count). The van der Waals surface area contributed by atoms with Gasteiger partial charge in [-0.2, -0.15) is 0 Å². The van der Waals surface area contributed by atoms with E-state index in [-0.39, 0.29) is 11.4 Å². The van der Waals surface area contributed by atoms with Crippen molar-refractivity contribution < 1.29 is 14.3 Å². The summed E-state index contributed by atoms with van der Waals surface area (Å²) in [4.78, 5) is 11.3. The Labute approximate surface area is 110 Å². The number of carboxylic acids is 1. The maximum Gasteiger partial charge on any atom is 0.336 e. The molecular weight excluding hydrogens is 243 g/mol. The molecule has 0 atom stereocenters. The van der Waals surface area contributed by atoms with Crippen LogP contribution in [-0.2, 0) is 4.79 Å². The van der Waals surface area contributed by atoms with Crippen LogP contribution in [0.4, 0.5) is 4.39 Å². The predicted octanol–water partition coefficient (Wildman–Crippen LogP) is 3.76. The Bertz CT molecular complexity index is 627. The Balaban J connectivity index is 2.46. The van der Waals surface area contributed by atoms with Gasteiger partial charge in [-0.05, 0) is 36.3 Å². The molecule has 2 nitrogen and oxygen atoms in total. The van der Waals surface area contributed by atoms with Gasteiger partial charge in [-0.3, -0.25) is 0 Å². The molecule has 0 aliphatic heterocycles. The first-order valence-electron chi connectivity index (χ1n) is 5.84. The van der Waals surface area contributed by atoms with E-state index in [1.54, 1.807) is 24.3 Å². The molecule has 0 radical (unpaired) electrons. The number of hydrogen-bond donors (Lipinski definition) is 1. The highest BCUT2D eigenvalue weighted by molar-refractivity contribution is 6.20. The summed E-state index contributed by atoms with van der Waals surface area (Å²) in [6.07, 6.45) is 1.47. The third-order valence-corrected chi connectivity index (χ3v) is 2.75. The summed E-state index contributed by atoms with van der Waals surface area (Å²) in [7, 11) is 0. The molecule has 0 amide bonds. The van der Waals surface area contributed by atoms with Gasteiger partial charge in [-0.1, -0.05) is 42.0 Å². The van der Waals surface area contributed by atoms with E-state index < -0.39 is 5.97 Å². The summed E-state index contributed by atoms with van der Waals surface area (Å²) in [5, 5.41) is 9.26. The topological polar surface area (TPSA) is 37.3 Å². The van der Waals surface area contributed by atoms with Crippen molar-refractivity contribution in [1.82, 2.24) is 0 Å². The lowest BCUT2D eigenvalue weighted by atomic mass is 10.0. The minimum Gasteiger partial charge on any atom is -0.478 e. The summed E-state index contributed by atoms with van der Waals surface area (Å²) in [6.45, 7) is 1.93. The van der Waals surface area contributed by atoms with E-state index in [2.05, 4.69) is 0 Å². The van der Waals surface area contributed by atoms with Gasteiger partial charge in [0, 0.05) is 0 Å². The van der Waals surface area contributed by atoms with E-state index in [4.69, 9.17) is 0 Å². The Hall–Kier alpha value is -2.42.